The van der Waals surface area contributed by atoms with E-state index in [1.165, 1.54) is 7.11 Å². The summed E-state index contributed by atoms with van der Waals surface area (Å²) in [5, 5.41) is 14.0. The number of aromatic nitrogens is 3. The largest absolute Gasteiger partial charge is 0.467 e. The minimum absolute atomic E-state index is 0.0393. The molecule has 1 heterocycles. The van der Waals surface area contributed by atoms with E-state index in [4.69, 9.17) is 9.84 Å². The van der Waals surface area contributed by atoms with E-state index < -0.39 is 18.8 Å². The number of alkyl halides is 3. The molecule has 0 aliphatic carbocycles. The predicted molar refractivity (Wildman–Crippen MR) is 65.7 cm³/mol. The fraction of sp³-hybridized carbons (Fsp3) is 0.700. The van der Waals surface area contributed by atoms with Gasteiger partial charge >= 0.3 is 12.2 Å². The third kappa shape index (κ3) is 5.03. The van der Waals surface area contributed by atoms with E-state index in [1.807, 2.05) is 6.92 Å². The summed E-state index contributed by atoms with van der Waals surface area (Å²) in [6.07, 6.45) is -6.38. The molecule has 0 saturated heterocycles. The third-order valence-corrected chi connectivity index (χ3v) is 2.16. The summed E-state index contributed by atoms with van der Waals surface area (Å²) in [5.41, 5.74) is 0. The Kier molecular flexibility index (Phi) is 5.74. The first-order valence-corrected chi connectivity index (χ1v) is 5.89. The van der Waals surface area contributed by atoms with Gasteiger partial charge < -0.3 is 20.5 Å². The number of ether oxygens (including phenoxy) is 1. The van der Waals surface area contributed by atoms with Gasteiger partial charge in [-0.25, -0.2) is 0 Å². The van der Waals surface area contributed by atoms with E-state index in [2.05, 4.69) is 25.6 Å². The zero-order valence-electron chi connectivity index (χ0n) is 11.0. The van der Waals surface area contributed by atoms with Crippen molar-refractivity contribution < 1.29 is 23.0 Å². The Morgan fingerprint density at radius 2 is 1.80 bits per heavy atom. The van der Waals surface area contributed by atoms with Crippen molar-refractivity contribution >= 4 is 11.9 Å². The van der Waals surface area contributed by atoms with Crippen molar-refractivity contribution in [1.82, 2.24) is 15.0 Å². The number of halogens is 3. The molecule has 0 aliphatic heterocycles. The molecule has 10 heteroatoms. The maximum absolute atomic E-state index is 12.2. The first-order chi connectivity index (χ1) is 9.36. The van der Waals surface area contributed by atoms with Gasteiger partial charge in [0, 0.05) is 6.54 Å². The Hall–Kier alpha value is -1.84. The second kappa shape index (κ2) is 7.08. The van der Waals surface area contributed by atoms with Gasteiger partial charge in [0.25, 0.3) is 0 Å². The van der Waals surface area contributed by atoms with Gasteiger partial charge in [-0.1, -0.05) is 6.92 Å². The molecule has 0 amide bonds. The third-order valence-electron chi connectivity index (χ3n) is 2.16. The number of hydrogen-bond acceptors (Lipinski definition) is 7. The standard InChI is InChI=1S/C10H16F3N5O2/c1-3-4-14-7-16-8(18-9(17-7)20-2)15-5-6(19)10(11,12)13/h6,19H,3-5H2,1-2H3,(H2,14,15,16,17,18). The van der Waals surface area contributed by atoms with Crippen LogP contribution in [0.25, 0.3) is 0 Å². The Labute approximate surface area is 113 Å². The molecule has 0 bridgehead atoms. The number of anilines is 2. The highest BCUT2D eigenvalue weighted by Crippen LogP contribution is 2.20. The maximum Gasteiger partial charge on any atom is 0.416 e. The van der Waals surface area contributed by atoms with E-state index >= 15 is 0 Å². The van der Waals surface area contributed by atoms with Crippen LogP contribution in [0.3, 0.4) is 0 Å². The molecular weight excluding hydrogens is 279 g/mol. The number of hydrogen-bond donors (Lipinski definition) is 3. The maximum atomic E-state index is 12.2. The summed E-state index contributed by atoms with van der Waals surface area (Å²) in [5.74, 6) is 0.0708. The lowest BCUT2D eigenvalue weighted by Crippen LogP contribution is -2.35. The minimum atomic E-state index is -4.70. The van der Waals surface area contributed by atoms with E-state index in [1.54, 1.807) is 0 Å². The van der Waals surface area contributed by atoms with Crippen LogP contribution >= 0.6 is 0 Å². The van der Waals surface area contributed by atoms with E-state index in [-0.39, 0.29) is 17.9 Å². The highest BCUT2D eigenvalue weighted by atomic mass is 19.4. The van der Waals surface area contributed by atoms with Crippen molar-refractivity contribution in [2.75, 3.05) is 30.8 Å². The first-order valence-electron chi connectivity index (χ1n) is 5.89. The molecule has 20 heavy (non-hydrogen) atoms. The molecule has 0 spiro atoms. The van der Waals surface area contributed by atoms with Crippen LogP contribution in [0.5, 0.6) is 6.01 Å². The molecule has 1 aromatic heterocycles. The summed E-state index contributed by atoms with van der Waals surface area (Å²) in [7, 11) is 1.33. The Morgan fingerprint density at radius 1 is 1.20 bits per heavy atom. The van der Waals surface area contributed by atoms with Crippen LogP contribution in [0.4, 0.5) is 25.1 Å². The van der Waals surface area contributed by atoms with Crippen LogP contribution in [-0.2, 0) is 0 Å². The van der Waals surface area contributed by atoms with Gasteiger partial charge in [-0.3, -0.25) is 0 Å². The summed E-state index contributed by atoms with van der Waals surface area (Å²) in [4.78, 5) is 11.5. The number of nitrogens with zero attached hydrogens (tertiary/aromatic N) is 3. The average molecular weight is 295 g/mol. The summed E-state index contributed by atoms with van der Waals surface area (Å²) < 4.78 is 41.3. The van der Waals surface area contributed by atoms with E-state index in [0.717, 1.165) is 6.42 Å². The lowest BCUT2D eigenvalue weighted by Gasteiger charge is -2.15. The zero-order valence-corrected chi connectivity index (χ0v) is 11.0. The van der Waals surface area contributed by atoms with Gasteiger partial charge in [0.1, 0.15) is 0 Å². The van der Waals surface area contributed by atoms with Crippen molar-refractivity contribution in [3.05, 3.63) is 0 Å². The number of nitrogens with one attached hydrogen (secondary N) is 2. The van der Waals surface area contributed by atoms with Crippen molar-refractivity contribution in [2.24, 2.45) is 0 Å². The molecule has 114 valence electrons. The first kappa shape index (κ1) is 16.2. The monoisotopic (exact) mass is 295 g/mol. The Bertz CT molecular complexity index is 430. The molecule has 7 nitrogen and oxygen atoms in total. The van der Waals surface area contributed by atoms with Gasteiger partial charge in [-0.05, 0) is 6.42 Å². The van der Waals surface area contributed by atoms with Crippen LogP contribution in [0.1, 0.15) is 13.3 Å². The number of rotatable bonds is 7. The lowest BCUT2D eigenvalue weighted by atomic mass is 10.3. The van der Waals surface area contributed by atoms with Crippen molar-refractivity contribution in [3.8, 4) is 6.01 Å². The molecule has 0 saturated carbocycles. The van der Waals surface area contributed by atoms with Crippen molar-refractivity contribution in [2.45, 2.75) is 25.6 Å². The fourth-order valence-electron chi connectivity index (χ4n) is 1.15. The normalized spacial score (nSPS) is 12.9. The van der Waals surface area contributed by atoms with Gasteiger partial charge in [0.2, 0.25) is 11.9 Å². The Balaban J connectivity index is 2.73. The lowest BCUT2D eigenvalue weighted by molar-refractivity contribution is -0.198. The molecule has 1 atom stereocenters. The fourth-order valence-corrected chi connectivity index (χ4v) is 1.15. The molecule has 1 rings (SSSR count). The molecule has 1 unspecified atom stereocenters. The van der Waals surface area contributed by atoms with Crippen LogP contribution in [0, 0.1) is 0 Å². The molecule has 0 fully saturated rings. The smallest absolute Gasteiger partial charge is 0.416 e. The molecule has 0 aromatic carbocycles. The summed E-state index contributed by atoms with van der Waals surface area (Å²) in [6, 6.07) is -0.0393. The molecule has 0 aliphatic rings. The van der Waals surface area contributed by atoms with E-state index in [0.29, 0.717) is 6.54 Å². The second-order valence-electron chi connectivity index (χ2n) is 3.83. The van der Waals surface area contributed by atoms with Crippen molar-refractivity contribution in [3.63, 3.8) is 0 Å². The average Bonchev–Trinajstić information content (AvgIpc) is 2.41. The molecule has 3 N–H and O–H groups in total. The van der Waals surface area contributed by atoms with Crippen LogP contribution in [0.2, 0.25) is 0 Å². The van der Waals surface area contributed by atoms with Crippen LogP contribution in [-0.4, -0.2) is 52.5 Å². The van der Waals surface area contributed by atoms with Crippen LogP contribution in [0.15, 0.2) is 0 Å². The molecular formula is C10H16F3N5O2. The van der Waals surface area contributed by atoms with Gasteiger partial charge in [-0.15, -0.1) is 0 Å². The van der Waals surface area contributed by atoms with Crippen LogP contribution < -0.4 is 15.4 Å². The predicted octanol–water partition coefficient (Wildman–Crippen LogP) is 1.04. The number of aliphatic hydroxyl groups excluding tert-OH is 1. The van der Waals surface area contributed by atoms with Gasteiger partial charge in [0.05, 0.1) is 13.7 Å². The highest BCUT2D eigenvalue weighted by molar-refractivity contribution is 5.35. The molecule has 1 aromatic rings. The van der Waals surface area contributed by atoms with Gasteiger partial charge in [0.15, 0.2) is 6.10 Å². The zero-order chi connectivity index (χ0) is 15.2. The minimum Gasteiger partial charge on any atom is -0.467 e. The number of aliphatic hydroxyl groups is 1. The SMILES string of the molecule is CCCNc1nc(NCC(O)C(F)(F)F)nc(OC)n1. The summed E-state index contributed by atoms with van der Waals surface area (Å²) in [6.45, 7) is 1.77. The topological polar surface area (TPSA) is 92.2 Å². The highest BCUT2D eigenvalue weighted by Gasteiger charge is 2.38. The second-order valence-corrected chi connectivity index (χ2v) is 3.83. The quantitative estimate of drug-likeness (QED) is 0.692. The van der Waals surface area contributed by atoms with Gasteiger partial charge in [-0.2, -0.15) is 28.1 Å². The Morgan fingerprint density at radius 3 is 2.30 bits per heavy atom. The number of methoxy groups -OCH3 is 1. The van der Waals surface area contributed by atoms with Crippen molar-refractivity contribution in [1.29, 1.82) is 0 Å². The van der Waals surface area contributed by atoms with E-state index in [9.17, 15) is 13.2 Å². The molecule has 0 radical (unpaired) electrons. The summed E-state index contributed by atoms with van der Waals surface area (Å²) >= 11 is 0.